The molecule has 1 atom stereocenters. The van der Waals surface area contributed by atoms with Crippen molar-refractivity contribution in [3.63, 3.8) is 0 Å². The predicted molar refractivity (Wildman–Crippen MR) is 114 cm³/mol. The van der Waals surface area contributed by atoms with Gasteiger partial charge in [-0.15, -0.1) is 0 Å². The topological polar surface area (TPSA) is 39.7 Å². The molecular weight excluding hydrogens is 348 g/mol. The Labute approximate surface area is 171 Å². The highest BCUT2D eigenvalue weighted by Gasteiger charge is 2.32. The van der Waals surface area contributed by atoms with E-state index in [1.807, 2.05) is 24.3 Å². The first kappa shape index (κ1) is 21.3. The van der Waals surface area contributed by atoms with Crippen molar-refractivity contribution in [1.82, 2.24) is 19.7 Å². The lowest BCUT2D eigenvalue weighted by Crippen LogP contribution is -2.50. The van der Waals surface area contributed by atoms with Gasteiger partial charge in [-0.3, -0.25) is 19.6 Å². The number of rotatable bonds is 7. The largest absolute Gasteiger partial charge is 0.345 e. The van der Waals surface area contributed by atoms with Crippen molar-refractivity contribution in [2.75, 3.05) is 39.8 Å². The van der Waals surface area contributed by atoms with Crippen LogP contribution in [0, 0.1) is 11.8 Å². The Morgan fingerprint density at radius 1 is 1.18 bits per heavy atom. The molecule has 3 rings (SSSR count). The first-order valence-electron chi connectivity index (χ1n) is 11.1. The van der Waals surface area contributed by atoms with E-state index in [-0.39, 0.29) is 5.92 Å². The van der Waals surface area contributed by atoms with Crippen LogP contribution in [0.25, 0.3) is 0 Å². The van der Waals surface area contributed by atoms with Crippen molar-refractivity contribution in [2.45, 2.75) is 58.5 Å². The van der Waals surface area contributed by atoms with E-state index in [2.05, 4.69) is 40.8 Å². The van der Waals surface area contributed by atoms with Crippen molar-refractivity contribution < 1.29 is 4.79 Å². The van der Waals surface area contributed by atoms with Gasteiger partial charge in [0.2, 0.25) is 5.91 Å². The highest BCUT2D eigenvalue weighted by atomic mass is 16.2. The molecule has 0 saturated carbocycles. The van der Waals surface area contributed by atoms with E-state index in [4.69, 9.17) is 0 Å². The molecule has 3 heterocycles. The van der Waals surface area contributed by atoms with E-state index in [9.17, 15) is 4.79 Å². The number of carbonyl (C=O) groups is 1. The molecule has 0 spiro atoms. The van der Waals surface area contributed by atoms with Crippen molar-refractivity contribution in [3.05, 3.63) is 30.1 Å². The number of nitrogens with zero attached hydrogens (tertiary/aromatic N) is 4. The molecule has 2 fully saturated rings. The number of hydrogen-bond acceptors (Lipinski definition) is 4. The molecule has 5 nitrogen and oxygen atoms in total. The SMILES string of the molecule is CC(C)CCN(C)C(=O)[C@H]1CCCN(C2CCN(Cc3ccncc3)CC2)C1. The molecule has 1 aromatic rings. The van der Waals surface area contributed by atoms with Crippen LogP contribution in [-0.4, -0.2) is 71.4 Å². The summed E-state index contributed by atoms with van der Waals surface area (Å²) in [7, 11) is 1.99. The highest BCUT2D eigenvalue weighted by Crippen LogP contribution is 2.25. The number of aromatic nitrogens is 1. The second-order valence-electron chi connectivity index (χ2n) is 9.14. The highest BCUT2D eigenvalue weighted by molar-refractivity contribution is 5.78. The summed E-state index contributed by atoms with van der Waals surface area (Å²) < 4.78 is 0. The maximum Gasteiger partial charge on any atom is 0.226 e. The summed E-state index contributed by atoms with van der Waals surface area (Å²) in [4.78, 5) is 24.1. The fourth-order valence-corrected chi connectivity index (χ4v) is 4.60. The normalized spacial score (nSPS) is 22.5. The lowest BCUT2D eigenvalue weighted by atomic mass is 9.92. The third-order valence-corrected chi connectivity index (χ3v) is 6.45. The van der Waals surface area contributed by atoms with Gasteiger partial charge in [-0.05, 0) is 75.4 Å². The first-order valence-corrected chi connectivity index (χ1v) is 11.1. The Kier molecular flexibility index (Phi) is 7.86. The number of amides is 1. The number of piperidine rings is 2. The van der Waals surface area contributed by atoms with Crippen LogP contribution in [0.3, 0.4) is 0 Å². The van der Waals surface area contributed by atoms with Gasteiger partial charge in [-0.2, -0.15) is 0 Å². The predicted octanol–water partition coefficient (Wildman–Crippen LogP) is 3.26. The number of likely N-dealkylation sites (tertiary alicyclic amines) is 2. The van der Waals surface area contributed by atoms with Crippen LogP contribution < -0.4 is 0 Å². The zero-order chi connectivity index (χ0) is 19.9. The minimum Gasteiger partial charge on any atom is -0.345 e. The Morgan fingerprint density at radius 3 is 2.57 bits per heavy atom. The van der Waals surface area contributed by atoms with Gasteiger partial charge in [0.1, 0.15) is 0 Å². The molecule has 1 amide bonds. The van der Waals surface area contributed by atoms with E-state index in [0.29, 0.717) is 17.9 Å². The fourth-order valence-electron chi connectivity index (χ4n) is 4.60. The number of hydrogen-bond donors (Lipinski definition) is 0. The molecule has 0 bridgehead atoms. The number of carbonyl (C=O) groups excluding carboxylic acids is 1. The van der Waals surface area contributed by atoms with Crippen molar-refractivity contribution in [3.8, 4) is 0 Å². The molecule has 0 N–H and O–H groups in total. The van der Waals surface area contributed by atoms with E-state index in [1.54, 1.807) is 0 Å². The molecule has 0 radical (unpaired) electrons. The standard InChI is InChI=1S/C23H38N4O/c1-19(2)8-14-25(3)23(28)21-5-4-13-27(18-21)22-9-15-26(16-10-22)17-20-6-11-24-12-7-20/h6-7,11-12,19,21-22H,4-5,8-10,13-18H2,1-3H3/t21-/m0/s1. The maximum atomic E-state index is 12.9. The second kappa shape index (κ2) is 10.4. The molecule has 5 heteroatoms. The molecule has 2 aliphatic heterocycles. The summed E-state index contributed by atoms with van der Waals surface area (Å²) >= 11 is 0. The summed E-state index contributed by atoms with van der Waals surface area (Å²) in [6.07, 6.45) is 9.50. The van der Waals surface area contributed by atoms with E-state index in [1.165, 1.54) is 18.4 Å². The van der Waals surface area contributed by atoms with Crippen molar-refractivity contribution in [2.24, 2.45) is 11.8 Å². The van der Waals surface area contributed by atoms with Crippen LogP contribution in [0.5, 0.6) is 0 Å². The van der Waals surface area contributed by atoms with Gasteiger partial charge in [-0.1, -0.05) is 13.8 Å². The fraction of sp³-hybridized carbons (Fsp3) is 0.739. The summed E-state index contributed by atoms with van der Waals surface area (Å²) in [5.41, 5.74) is 1.35. The van der Waals surface area contributed by atoms with Gasteiger partial charge in [0.05, 0.1) is 5.92 Å². The molecule has 2 aliphatic rings. The second-order valence-corrected chi connectivity index (χ2v) is 9.14. The van der Waals surface area contributed by atoms with Crippen LogP contribution in [0.4, 0.5) is 0 Å². The Morgan fingerprint density at radius 2 is 1.89 bits per heavy atom. The van der Waals surface area contributed by atoms with E-state index in [0.717, 1.165) is 58.5 Å². The molecule has 0 aromatic carbocycles. The van der Waals surface area contributed by atoms with Gasteiger partial charge in [0.15, 0.2) is 0 Å². The van der Waals surface area contributed by atoms with Gasteiger partial charge in [-0.25, -0.2) is 0 Å². The average Bonchev–Trinajstić information content (AvgIpc) is 2.73. The van der Waals surface area contributed by atoms with Crippen molar-refractivity contribution in [1.29, 1.82) is 0 Å². The molecular formula is C23H38N4O. The Bertz CT molecular complexity index is 598. The summed E-state index contributed by atoms with van der Waals surface area (Å²) in [5.74, 6) is 1.21. The summed E-state index contributed by atoms with van der Waals surface area (Å²) in [6, 6.07) is 4.87. The third kappa shape index (κ3) is 6.02. The minimum atomic E-state index is 0.195. The van der Waals surface area contributed by atoms with E-state index >= 15 is 0 Å². The van der Waals surface area contributed by atoms with Crippen LogP contribution >= 0.6 is 0 Å². The zero-order valence-electron chi connectivity index (χ0n) is 18.0. The minimum absolute atomic E-state index is 0.195. The molecule has 156 valence electrons. The lowest BCUT2D eigenvalue weighted by molar-refractivity contribution is -0.136. The quantitative estimate of drug-likeness (QED) is 0.721. The zero-order valence-corrected chi connectivity index (χ0v) is 18.0. The maximum absolute atomic E-state index is 12.9. The summed E-state index contributed by atoms with van der Waals surface area (Å²) in [6.45, 7) is 10.8. The van der Waals surface area contributed by atoms with Crippen LogP contribution in [0.2, 0.25) is 0 Å². The number of pyridine rings is 1. The molecule has 2 saturated heterocycles. The summed E-state index contributed by atoms with van der Waals surface area (Å²) in [5, 5.41) is 0. The smallest absolute Gasteiger partial charge is 0.226 e. The molecule has 0 aliphatic carbocycles. The van der Waals surface area contributed by atoms with Crippen molar-refractivity contribution >= 4 is 5.91 Å². The average molecular weight is 387 g/mol. The lowest BCUT2D eigenvalue weighted by Gasteiger charge is -2.42. The third-order valence-electron chi connectivity index (χ3n) is 6.45. The Hall–Kier alpha value is -1.46. The molecule has 28 heavy (non-hydrogen) atoms. The molecule has 0 unspecified atom stereocenters. The first-order chi connectivity index (χ1) is 13.5. The van der Waals surface area contributed by atoms with Crippen LogP contribution in [0.15, 0.2) is 24.5 Å². The van der Waals surface area contributed by atoms with E-state index < -0.39 is 0 Å². The van der Waals surface area contributed by atoms with Crippen LogP contribution in [-0.2, 0) is 11.3 Å². The Balaban J connectivity index is 1.45. The van der Waals surface area contributed by atoms with Gasteiger partial charge < -0.3 is 4.90 Å². The van der Waals surface area contributed by atoms with Gasteiger partial charge in [0.25, 0.3) is 0 Å². The monoisotopic (exact) mass is 386 g/mol. The van der Waals surface area contributed by atoms with Gasteiger partial charge >= 0.3 is 0 Å². The molecule has 1 aromatic heterocycles. The van der Waals surface area contributed by atoms with Crippen LogP contribution in [0.1, 0.15) is 51.5 Å². The van der Waals surface area contributed by atoms with Gasteiger partial charge in [0, 0.05) is 45.1 Å².